The van der Waals surface area contributed by atoms with E-state index in [2.05, 4.69) is 4.90 Å². The number of aliphatic hydroxyl groups excluding tert-OH is 1. The molecule has 14 heavy (non-hydrogen) atoms. The summed E-state index contributed by atoms with van der Waals surface area (Å²) in [6, 6.07) is 8.09. The van der Waals surface area contributed by atoms with E-state index >= 15 is 0 Å². The first-order chi connectivity index (χ1) is 6.66. The second-order valence-electron chi connectivity index (χ2n) is 3.90. The maximum absolute atomic E-state index is 9.53. The Labute approximate surface area is 89.1 Å². The Morgan fingerprint density at radius 2 is 2.07 bits per heavy atom. The standard InChI is InChI=1S/C11H14ClNO/c1-13-7-11(14)10(13)6-8-2-4-9(12)5-3-8/h2-5,10-11,14H,6-7H2,1H3/t10-,11?/m0/s1. The van der Waals surface area contributed by atoms with Crippen LogP contribution in [0.3, 0.4) is 0 Å². The van der Waals surface area contributed by atoms with Gasteiger partial charge in [-0.2, -0.15) is 0 Å². The van der Waals surface area contributed by atoms with Crippen LogP contribution < -0.4 is 0 Å². The number of hydrogen-bond acceptors (Lipinski definition) is 2. The number of rotatable bonds is 2. The summed E-state index contributed by atoms with van der Waals surface area (Å²) in [5, 5.41) is 10.3. The van der Waals surface area contributed by atoms with Gasteiger partial charge in [0.25, 0.3) is 0 Å². The second kappa shape index (κ2) is 3.89. The van der Waals surface area contributed by atoms with Crippen LogP contribution in [0.1, 0.15) is 5.56 Å². The topological polar surface area (TPSA) is 23.5 Å². The van der Waals surface area contributed by atoms with Crippen molar-refractivity contribution in [1.82, 2.24) is 4.90 Å². The minimum atomic E-state index is -0.171. The van der Waals surface area contributed by atoms with E-state index in [0.717, 1.165) is 18.0 Å². The van der Waals surface area contributed by atoms with E-state index in [4.69, 9.17) is 11.6 Å². The predicted molar refractivity (Wildman–Crippen MR) is 57.6 cm³/mol. The number of aliphatic hydroxyl groups is 1. The summed E-state index contributed by atoms with van der Waals surface area (Å²) < 4.78 is 0. The fourth-order valence-electron chi connectivity index (χ4n) is 1.86. The molecule has 3 heteroatoms. The molecule has 76 valence electrons. The van der Waals surface area contributed by atoms with Gasteiger partial charge in [0.1, 0.15) is 0 Å². The normalized spacial score (nSPS) is 27.4. The van der Waals surface area contributed by atoms with Crippen molar-refractivity contribution in [2.75, 3.05) is 13.6 Å². The molecule has 1 N–H and O–H groups in total. The van der Waals surface area contributed by atoms with Gasteiger partial charge in [0, 0.05) is 17.6 Å². The van der Waals surface area contributed by atoms with Crippen LogP contribution in [0.4, 0.5) is 0 Å². The third kappa shape index (κ3) is 1.92. The molecule has 1 unspecified atom stereocenters. The van der Waals surface area contributed by atoms with Crippen molar-refractivity contribution in [3.8, 4) is 0 Å². The van der Waals surface area contributed by atoms with Gasteiger partial charge >= 0.3 is 0 Å². The molecular formula is C11H14ClNO. The van der Waals surface area contributed by atoms with Crippen molar-refractivity contribution in [1.29, 1.82) is 0 Å². The number of nitrogens with zero attached hydrogens (tertiary/aromatic N) is 1. The maximum atomic E-state index is 9.53. The zero-order valence-corrected chi connectivity index (χ0v) is 8.91. The van der Waals surface area contributed by atoms with Crippen molar-refractivity contribution >= 4 is 11.6 Å². The molecule has 1 aliphatic rings. The zero-order chi connectivity index (χ0) is 10.1. The number of benzene rings is 1. The molecule has 0 radical (unpaired) electrons. The summed E-state index contributed by atoms with van der Waals surface area (Å²) in [6.45, 7) is 0.790. The van der Waals surface area contributed by atoms with Crippen LogP contribution in [-0.2, 0) is 6.42 Å². The first kappa shape index (κ1) is 9.97. The smallest absolute Gasteiger partial charge is 0.0825 e. The van der Waals surface area contributed by atoms with Crippen LogP contribution in [0.5, 0.6) is 0 Å². The highest BCUT2D eigenvalue weighted by Crippen LogP contribution is 2.20. The van der Waals surface area contributed by atoms with Crippen LogP contribution in [-0.4, -0.2) is 35.7 Å². The predicted octanol–water partition coefficient (Wildman–Crippen LogP) is 1.56. The lowest BCUT2D eigenvalue weighted by atomic mass is 9.93. The fraction of sp³-hybridized carbons (Fsp3) is 0.455. The molecule has 2 atom stereocenters. The van der Waals surface area contributed by atoms with Gasteiger partial charge in [-0.25, -0.2) is 0 Å². The van der Waals surface area contributed by atoms with E-state index in [0.29, 0.717) is 0 Å². The molecule has 0 saturated carbocycles. The number of likely N-dealkylation sites (tertiary alicyclic amines) is 1. The Balaban J connectivity index is 2.00. The summed E-state index contributed by atoms with van der Waals surface area (Å²) in [5.41, 5.74) is 1.23. The van der Waals surface area contributed by atoms with E-state index in [-0.39, 0.29) is 12.1 Å². The Morgan fingerprint density at radius 1 is 1.43 bits per heavy atom. The summed E-state index contributed by atoms with van der Waals surface area (Å²) >= 11 is 5.79. The molecule has 0 aliphatic carbocycles. The van der Waals surface area contributed by atoms with Crippen LogP contribution in [0.25, 0.3) is 0 Å². The third-order valence-electron chi connectivity index (χ3n) is 2.84. The molecule has 1 aromatic carbocycles. The van der Waals surface area contributed by atoms with Crippen LogP contribution in [0.2, 0.25) is 5.02 Å². The van der Waals surface area contributed by atoms with Gasteiger partial charge < -0.3 is 5.11 Å². The lowest BCUT2D eigenvalue weighted by molar-refractivity contribution is -0.0442. The highest BCUT2D eigenvalue weighted by Gasteiger charge is 2.34. The highest BCUT2D eigenvalue weighted by atomic mass is 35.5. The van der Waals surface area contributed by atoms with Crippen LogP contribution in [0.15, 0.2) is 24.3 Å². The average Bonchev–Trinajstić information content (AvgIpc) is 2.17. The number of likely N-dealkylation sites (N-methyl/N-ethyl adjacent to an activating group) is 1. The largest absolute Gasteiger partial charge is 0.390 e. The number of hydrogen-bond donors (Lipinski definition) is 1. The lowest BCUT2D eigenvalue weighted by Gasteiger charge is -2.43. The van der Waals surface area contributed by atoms with Crippen molar-refractivity contribution in [2.45, 2.75) is 18.6 Å². The second-order valence-corrected chi connectivity index (χ2v) is 4.34. The molecule has 2 nitrogen and oxygen atoms in total. The van der Waals surface area contributed by atoms with E-state index in [9.17, 15) is 5.11 Å². The van der Waals surface area contributed by atoms with Gasteiger partial charge in [0.15, 0.2) is 0 Å². The number of halogens is 1. The fourth-order valence-corrected chi connectivity index (χ4v) is 1.99. The van der Waals surface area contributed by atoms with Crippen LogP contribution >= 0.6 is 11.6 Å². The van der Waals surface area contributed by atoms with E-state index < -0.39 is 0 Å². The monoisotopic (exact) mass is 211 g/mol. The van der Waals surface area contributed by atoms with Crippen molar-refractivity contribution in [2.24, 2.45) is 0 Å². The third-order valence-corrected chi connectivity index (χ3v) is 3.10. The molecule has 1 aliphatic heterocycles. The van der Waals surface area contributed by atoms with Gasteiger partial charge in [-0.05, 0) is 31.2 Å². The Morgan fingerprint density at radius 3 is 2.57 bits per heavy atom. The molecule has 0 aromatic heterocycles. The minimum Gasteiger partial charge on any atom is -0.390 e. The first-order valence-electron chi connectivity index (χ1n) is 4.79. The van der Waals surface area contributed by atoms with E-state index in [1.807, 2.05) is 31.3 Å². The molecule has 1 aromatic rings. The molecular weight excluding hydrogens is 198 g/mol. The maximum Gasteiger partial charge on any atom is 0.0825 e. The van der Waals surface area contributed by atoms with Gasteiger partial charge in [-0.15, -0.1) is 0 Å². The van der Waals surface area contributed by atoms with Gasteiger partial charge in [-0.1, -0.05) is 23.7 Å². The van der Waals surface area contributed by atoms with E-state index in [1.165, 1.54) is 5.56 Å². The average molecular weight is 212 g/mol. The summed E-state index contributed by atoms with van der Waals surface area (Å²) in [4.78, 5) is 2.17. The van der Waals surface area contributed by atoms with Crippen molar-refractivity contribution < 1.29 is 5.11 Å². The number of β-amino-alcohol motifs (C(OH)–C–C–N with tert-alkyl or cyclic N) is 1. The summed E-state index contributed by atoms with van der Waals surface area (Å²) in [5.74, 6) is 0. The Hall–Kier alpha value is -0.570. The minimum absolute atomic E-state index is 0.171. The van der Waals surface area contributed by atoms with E-state index in [1.54, 1.807) is 0 Å². The van der Waals surface area contributed by atoms with Crippen LogP contribution in [0, 0.1) is 0 Å². The SMILES string of the molecule is CN1CC(O)[C@@H]1Cc1ccc(Cl)cc1. The first-order valence-corrected chi connectivity index (χ1v) is 5.17. The van der Waals surface area contributed by atoms with Crippen molar-refractivity contribution in [3.63, 3.8) is 0 Å². The van der Waals surface area contributed by atoms with Gasteiger partial charge in [0.2, 0.25) is 0 Å². The zero-order valence-electron chi connectivity index (χ0n) is 8.15. The quantitative estimate of drug-likeness (QED) is 0.803. The molecule has 0 spiro atoms. The Bertz CT molecular complexity index is 304. The molecule has 1 saturated heterocycles. The van der Waals surface area contributed by atoms with Gasteiger partial charge in [-0.3, -0.25) is 4.90 Å². The molecule has 0 bridgehead atoms. The van der Waals surface area contributed by atoms with Crippen molar-refractivity contribution in [3.05, 3.63) is 34.9 Å². The summed E-state index contributed by atoms with van der Waals surface area (Å²) in [6.07, 6.45) is 0.727. The highest BCUT2D eigenvalue weighted by molar-refractivity contribution is 6.30. The molecule has 0 amide bonds. The van der Waals surface area contributed by atoms with Gasteiger partial charge in [0.05, 0.1) is 6.10 Å². The molecule has 1 heterocycles. The summed E-state index contributed by atoms with van der Waals surface area (Å²) in [7, 11) is 2.04. The molecule has 1 fully saturated rings. The molecule has 2 rings (SSSR count). The Kier molecular flexibility index (Phi) is 2.77. The lowest BCUT2D eigenvalue weighted by Crippen LogP contribution is -2.58.